The quantitative estimate of drug-likeness (QED) is 0.723. The fourth-order valence-corrected chi connectivity index (χ4v) is 2.56. The zero-order chi connectivity index (χ0) is 16.1. The van der Waals surface area contributed by atoms with Gasteiger partial charge in [0.1, 0.15) is 12.4 Å². The molecule has 0 aliphatic carbocycles. The fraction of sp³-hybridized carbons (Fsp3) is 0.143. The predicted octanol–water partition coefficient (Wildman–Crippen LogP) is 4.95. The molecular weight excluding hydrogens is 282 g/mol. The van der Waals surface area contributed by atoms with Crippen LogP contribution in [0.15, 0.2) is 78.9 Å². The van der Waals surface area contributed by atoms with Gasteiger partial charge < -0.3 is 10.5 Å². The van der Waals surface area contributed by atoms with E-state index in [0.29, 0.717) is 6.61 Å². The van der Waals surface area contributed by atoms with Crippen LogP contribution in [0.4, 0.5) is 0 Å². The minimum absolute atomic E-state index is 0.0207. The van der Waals surface area contributed by atoms with Crippen LogP contribution in [0.3, 0.4) is 0 Å². The van der Waals surface area contributed by atoms with Gasteiger partial charge in [0.05, 0.1) is 0 Å². The molecule has 0 saturated heterocycles. The van der Waals surface area contributed by atoms with Crippen molar-refractivity contribution in [2.24, 2.45) is 5.73 Å². The first kappa shape index (κ1) is 15.3. The highest BCUT2D eigenvalue weighted by atomic mass is 16.5. The maximum atomic E-state index is 6.05. The van der Waals surface area contributed by atoms with Crippen LogP contribution in [0.5, 0.6) is 5.75 Å². The Balaban J connectivity index is 1.87. The molecule has 1 atom stereocenters. The van der Waals surface area contributed by atoms with Crippen molar-refractivity contribution < 1.29 is 4.74 Å². The molecule has 0 aliphatic heterocycles. The molecule has 0 aliphatic rings. The van der Waals surface area contributed by atoms with Crippen molar-refractivity contribution in [2.45, 2.75) is 19.6 Å². The van der Waals surface area contributed by atoms with Gasteiger partial charge in [-0.25, -0.2) is 0 Å². The van der Waals surface area contributed by atoms with Crippen molar-refractivity contribution in [1.82, 2.24) is 0 Å². The van der Waals surface area contributed by atoms with Gasteiger partial charge in [0.2, 0.25) is 0 Å². The third-order valence-electron chi connectivity index (χ3n) is 3.85. The number of nitrogens with two attached hydrogens (primary N) is 1. The molecule has 23 heavy (non-hydrogen) atoms. The molecule has 2 N–H and O–H groups in total. The van der Waals surface area contributed by atoms with Crippen molar-refractivity contribution >= 4 is 0 Å². The Bertz CT molecular complexity index is 766. The number of benzene rings is 3. The Hall–Kier alpha value is -2.58. The van der Waals surface area contributed by atoms with Crippen molar-refractivity contribution in [3.05, 3.63) is 90.0 Å². The third-order valence-corrected chi connectivity index (χ3v) is 3.85. The summed E-state index contributed by atoms with van der Waals surface area (Å²) < 4.78 is 6.05. The van der Waals surface area contributed by atoms with E-state index in [4.69, 9.17) is 10.5 Å². The first-order chi connectivity index (χ1) is 11.2. The zero-order valence-electron chi connectivity index (χ0n) is 13.3. The molecule has 0 saturated carbocycles. The molecule has 0 radical (unpaired) electrons. The van der Waals surface area contributed by atoms with Crippen LogP contribution >= 0.6 is 0 Å². The molecule has 0 spiro atoms. The summed E-state index contributed by atoms with van der Waals surface area (Å²) in [5, 5.41) is 0. The van der Waals surface area contributed by atoms with Crippen LogP contribution < -0.4 is 10.5 Å². The molecule has 0 fully saturated rings. The van der Waals surface area contributed by atoms with E-state index in [0.717, 1.165) is 28.0 Å². The fourth-order valence-electron chi connectivity index (χ4n) is 2.56. The summed E-state index contributed by atoms with van der Waals surface area (Å²) >= 11 is 0. The number of rotatable bonds is 5. The molecule has 3 rings (SSSR count). The topological polar surface area (TPSA) is 35.2 Å². The number of hydrogen-bond acceptors (Lipinski definition) is 2. The number of hydrogen-bond donors (Lipinski definition) is 1. The van der Waals surface area contributed by atoms with Gasteiger partial charge in [-0.2, -0.15) is 0 Å². The average molecular weight is 303 g/mol. The van der Waals surface area contributed by atoms with Crippen LogP contribution in [-0.4, -0.2) is 0 Å². The van der Waals surface area contributed by atoms with Crippen LogP contribution in [-0.2, 0) is 6.61 Å². The number of para-hydroxylation sites is 1. The van der Waals surface area contributed by atoms with Crippen molar-refractivity contribution in [3.8, 4) is 16.9 Å². The second-order valence-corrected chi connectivity index (χ2v) is 5.68. The Morgan fingerprint density at radius 2 is 1.61 bits per heavy atom. The summed E-state index contributed by atoms with van der Waals surface area (Å²) in [6, 6.07) is 26.7. The summed E-state index contributed by atoms with van der Waals surface area (Å²) in [5.74, 6) is 0.887. The van der Waals surface area contributed by atoms with E-state index in [1.807, 2.05) is 49.4 Å². The second kappa shape index (κ2) is 7.12. The Kier molecular flexibility index (Phi) is 4.74. The van der Waals surface area contributed by atoms with Gasteiger partial charge in [0, 0.05) is 11.6 Å². The van der Waals surface area contributed by atoms with Gasteiger partial charge in [0.15, 0.2) is 0 Å². The highest BCUT2D eigenvalue weighted by Crippen LogP contribution is 2.31. The molecule has 0 amide bonds. The molecule has 2 heteroatoms. The van der Waals surface area contributed by atoms with E-state index >= 15 is 0 Å². The predicted molar refractivity (Wildman–Crippen MR) is 95.3 cm³/mol. The second-order valence-electron chi connectivity index (χ2n) is 5.68. The summed E-state index contributed by atoms with van der Waals surface area (Å²) in [6.07, 6.45) is 0. The highest BCUT2D eigenvalue weighted by Gasteiger charge is 2.08. The van der Waals surface area contributed by atoms with E-state index < -0.39 is 0 Å². The van der Waals surface area contributed by atoms with E-state index in [2.05, 4.69) is 36.4 Å². The Morgan fingerprint density at radius 1 is 0.870 bits per heavy atom. The van der Waals surface area contributed by atoms with Crippen LogP contribution in [0.1, 0.15) is 24.1 Å². The number of ether oxygens (including phenoxy) is 1. The lowest BCUT2D eigenvalue weighted by atomic mass is 10.00. The van der Waals surface area contributed by atoms with Gasteiger partial charge in [-0.05, 0) is 35.7 Å². The minimum Gasteiger partial charge on any atom is -0.488 e. The van der Waals surface area contributed by atoms with Crippen molar-refractivity contribution in [1.29, 1.82) is 0 Å². The zero-order valence-corrected chi connectivity index (χ0v) is 13.3. The molecule has 1 unspecified atom stereocenters. The van der Waals surface area contributed by atoms with E-state index in [1.165, 1.54) is 0 Å². The van der Waals surface area contributed by atoms with Gasteiger partial charge >= 0.3 is 0 Å². The lowest BCUT2D eigenvalue weighted by molar-refractivity contribution is 0.307. The molecule has 0 aromatic heterocycles. The van der Waals surface area contributed by atoms with Crippen LogP contribution in [0.25, 0.3) is 11.1 Å². The van der Waals surface area contributed by atoms with E-state index in [9.17, 15) is 0 Å². The maximum absolute atomic E-state index is 6.05. The lowest BCUT2D eigenvalue weighted by Crippen LogP contribution is -2.04. The SMILES string of the molecule is CC(N)c1cccc(-c2ccccc2OCc2ccccc2)c1. The molecule has 0 heterocycles. The molecule has 2 nitrogen and oxygen atoms in total. The van der Waals surface area contributed by atoms with Gasteiger partial charge in [-0.3, -0.25) is 0 Å². The molecular formula is C21H21NO. The Morgan fingerprint density at radius 3 is 2.39 bits per heavy atom. The minimum atomic E-state index is 0.0207. The van der Waals surface area contributed by atoms with Crippen molar-refractivity contribution in [2.75, 3.05) is 0 Å². The largest absolute Gasteiger partial charge is 0.488 e. The summed E-state index contributed by atoms with van der Waals surface area (Å²) in [6.45, 7) is 2.56. The highest BCUT2D eigenvalue weighted by molar-refractivity contribution is 5.71. The van der Waals surface area contributed by atoms with Crippen LogP contribution in [0.2, 0.25) is 0 Å². The molecule has 0 bridgehead atoms. The van der Waals surface area contributed by atoms with Crippen molar-refractivity contribution in [3.63, 3.8) is 0 Å². The average Bonchev–Trinajstić information content (AvgIpc) is 2.61. The standard InChI is InChI=1S/C21H21NO/c1-16(22)18-10-7-11-19(14-18)20-12-5-6-13-21(20)23-15-17-8-3-2-4-9-17/h2-14,16H,15,22H2,1H3. The third kappa shape index (κ3) is 3.79. The summed E-state index contributed by atoms with van der Waals surface area (Å²) in [5.41, 5.74) is 10.5. The smallest absolute Gasteiger partial charge is 0.127 e. The van der Waals surface area contributed by atoms with E-state index in [-0.39, 0.29) is 6.04 Å². The molecule has 3 aromatic carbocycles. The summed E-state index contributed by atoms with van der Waals surface area (Å²) in [4.78, 5) is 0. The van der Waals surface area contributed by atoms with Gasteiger partial charge in [0.25, 0.3) is 0 Å². The molecule has 3 aromatic rings. The Labute approximate surface area is 137 Å². The van der Waals surface area contributed by atoms with Gasteiger partial charge in [-0.15, -0.1) is 0 Å². The van der Waals surface area contributed by atoms with Gasteiger partial charge in [-0.1, -0.05) is 66.7 Å². The first-order valence-corrected chi connectivity index (χ1v) is 7.86. The maximum Gasteiger partial charge on any atom is 0.127 e. The normalized spacial score (nSPS) is 11.9. The van der Waals surface area contributed by atoms with E-state index in [1.54, 1.807) is 0 Å². The first-order valence-electron chi connectivity index (χ1n) is 7.86. The molecule has 116 valence electrons. The monoisotopic (exact) mass is 303 g/mol. The lowest BCUT2D eigenvalue weighted by Gasteiger charge is -2.13. The van der Waals surface area contributed by atoms with Crippen LogP contribution in [0, 0.1) is 0 Å². The summed E-state index contributed by atoms with van der Waals surface area (Å²) in [7, 11) is 0.